The number of aliphatic hydroxyl groups is 1. The van der Waals surface area contributed by atoms with Gasteiger partial charge in [0.25, 0.3) is 11.8 Å². The minimum atomic E-state index is -0.911. The number of imide groups is 1. The molecule has 312 valence electrons. The standard InChI is InChI=1S/C46H54N4O7S2/c1-4-45(15-5-6-16-45)31-9-8-27-19-29-28-13-17-46(39(29)38-36(27)41(31)57-43(38)54)32-10-7-24(2)42(48-21-25(3)51)59-58-23-49-33-20-26(14-18-47-33)30(37(28)40(46)44(55)56-32)22-50-34(52)11-12-35(50)53/h10-12,14,18,20,24-25,27-30,39,42,48,51H,4-9,13,15-17,19,21-23H2,1-3H3,(H,47,49)/b32-10+/t24-,25-,27-,28-,29-,30+,39+,42-,46-/m0/s1. The van der Waals surface area contributed by atoms with E-state index >= 15 is 0 Å². The van der Waals surface area contributed by atoms with Gasteiger partial charge in [0, 0.05) is 54.4 Å². The van der Waals surface area contributed by atoms with Gasteiger partial charge in [-0.15, -0.1) is 0 Å². The van der Waals surface area contributed by atoms with Crippen molar-refractivity contribution in [2.45, 2.75) is 109 Å². The molecule has 0 unspecified atom stereocenters. The van der Waals surface area contributed by atoms with Crippen LogP contribution in [0, 0.1) is 40.4 Å². The zero-order valence-corrected chi connectivity index (χ0v) is 35.7. The van der Waals surface area contributed by atoms with Crippen LogP contribution in [-0.2, 0) is 28.7 Å². The van der Waals surface area contributed by atoms with Gasteiger partial charge >= 0.3 is 11.9 Å². The lowest BCUT2D eigenvalue weighted by Crippen LogP contribution is -2.54. The maximum absolute atomic E-state index is 14.9. The van der Waals surface area contributed by atoms with Gasteiger partial charge in [0.2, 0.25) is 0 Å². The van der Waals surface area contributed by atoms with Crippen LogP contribution < -0.4 is 10.6 Å². The molecule has 3 fully saturated rings. The van der Waals surface area contributed by atoms with Crippen molar-refractivity contribution in [3.63, 3.8) is 0 Å². The third-order valence-corrected chi connectivity index (χ3v) is 18.2. The summed E-state index contributed by atoms with van der Waals surface area (Å²) in [5.74, 6) is 0.715. The van der Waals surface area contributed by atoms with Gasteiger partial charge < -0.3 is 25.2 Å². The first kappa shape index (κ1) is 39.5. The Labute approximate surface area is 353 Å². The van der Waals surface area contributed by atoms with Gasteiger partial charge in [0.1, 0.15) is 17.3 Å². The molecule has 2 amide bonds. The molecule has 0 aromatic carbocycles. The summed E-state index contributed by atoms with van der Waals surface area (Å²) in [6.45, 7) is 6.75. The summed E-state index contributed by atoms with van der Waals surface area (Å²) < 4.78 is 13.1. The first-order valence-electron chi connectivity index (χ1n) is 21.8. The molecule has 1 spiro atoms. The molecule has 11 nitrogen and oxygen atoms in total. The summed E-state index contributed by atoms with van der Waals surface area (Å²) in [7, 11) is 3.35. The summed E-state index contributed by atoms with van der Waals surface area (Å²) in [5, 5.41) is 17.2. The third-order valence-electron chi connectivity index (χ3n) is 15.5. The van der Waals surface area contributed by atoms with Gasteiger partial charge in [-0.1, -0.05) is 48.3 Å². The molecule has 10 aliphatic rings. The molecule has 9 atom stereocenters. The Balaban J connectivity index is 1.18. The van der Waals surface area contributed by atoms with Crippen LogP contribution in [0.4, 0.5) is 5.82 Å². The molecule has 1 aromatic rings. The van der Waals surface area contributed by atoms with E-state index in [0.29, 0.717) is 42.4 Å². The minimum absolute atomic E-state index is 0.0241. The van der Waals surface area contributed by atoms with Crippen molar-refractivity contribution in [2.24, 2.45) is 40.4 Å². The van der Waals surface area contributed by atoms with E-state index in [1.807, 2.05) is 12.1 Å². The molecule has 6 aliphatic carbocycles. The van der Waals surface area contributed by atoms with E-state index < -0.39 is 23.4 Å². The van der Waals surface area contributed by atoms with E-state index in [1.165, 1.54) is 35.5 Å². The van der Waals surface area contributed by atoms with Crippen molar-refractivity contribution in [2.75, 3.05) is 24.3 Å². The quantitative estimate of drug-likeness (QED) is 0.142. The van der Waals surface area contributed by atoms with Gasteiger partial charge in [0.15, 0.2) is 0 Å². The summed E-state index contributed by atoms with van der Waals surface area (Å²) >= 11 is 0. The van der Waals surface area contributed by atoms with Crippen LogP contribution in [-0.4, -0.2) is 69.2 Å². The van der Waals surface area contributed by atoms with Crippen molar-refractivity contribution < 1.29 is 33.8 Å². The molecule has 59 heavy (non-hydrogen) atoms. The zero-order valence-electron chi connectivity index (χ0n) is 34.1. The topological polar surface area (TPSA) is 147 Å². The van der Waals surface area contributed by atoms with Crippen LogP contribution in [0.15, 0.2) is 75.9 Å². The second-order valence-corrected chi connectivity index (χ2v) is 21.0. The largest absolute Gasteiger partial charge is 0.427 e. The number of hydrogen-bond donors (Lipinski definition) is 3. The van der Waals surface area contributed by atoms with Gasteiger partial charge in [-0.25, -0.2) is 14.6 Å². The molecule has 0 radical (unpaired) electrons. The summed E-state index contributed by atoms with van der Waals surface area (Å²) in [6, 6.07) is 3.93. The Hall–Kier alpha value is -3.65. The van der Waals surface area contributed by atoms with Crippen LogP contribution in [0.2, 0.25) is 0 Å². The van der Waals surface area contributed by atoms with Gasteiger partial charge in [-0.05, 0) is 129 Å². The first-order chi connectivity index (χ1) is 28.5. The van der Waals surface area contributed by atoms with Gasteiger partial charge in [-0.3, -0.25) is 14.5 Å². The Kier molecular flexibility index (Phi) is 10.1. The Bertz CT molecular complexity index is 2150. The number of nitrogens with zero attached hydrogens (tertiary/aromatic N) is 2. The maximum Gasteiger partial charge on any atom is 0.340 e. The second-order valence-electron chi connectivity index (χ2n) is 18.5. The fourth-order valence-corrected chi connectivity index (χ4v) is 15.4. The zero-order chi connectivity index (χ0) is 40.8. The molecular formula is C46H54N4O7S2. The second kappa shape index (κ2) is 15.1. The minimum Gasteiger partial charge on any atom is -0.427 e. The van der Waals surface area contributed by atoms with Crippen molar-refractivity contribution in [3.8, 4) is 0 Å². The monoisotopic (exact) mass is 838 g/mol. The number of hydrogen-bond acceptors (Lipinski definition) is 12. The summed E-state index contributed by atoms with van der Waals surface area (Å²) in [5.41, 5.74) is 4.77. The Morgan fingerprint density at radius 2 is 1.86 bits per heavy atom. The number of aliphatic hydroxyl groups excluding tert-OH is 1. The van der Waals surface area contributed by atoms with Crippen LogP contribution in [0.3, 0.4) is 0 Å². The molecular weight excluding hydrogens is 785 g/mol. The molecule has 2 saturated carbocycles. The highest BCUT2D eigenvalue weighted by Gasteiger charge is 2.70. The lowest BCUT2D eigenvalue weighted by Gasteiger charge is -2.58. The SMILES string of the molecule is CCC1(C2=C3OC(=O)C4=C3[C@@H](CC2)C[C@H]2[C@@H]3CC[C@@]5(C6=C3[C@H](CN3C(=O)C=CC3=O)c3ccnc(c3)NCSS[C@H](NC[C@H](C)O)[C@@H](C)C/C=C\5OC6=O)[C@@H]42)CCCC1. The van der Waals surface area contributed by atoms with E-state index in [0.717, 1.165) is 73.0 Å². The van der Waals surface area contributed by atoms with Crippen molar-refractivity contribution in [1.82, 2.24) is 15.2 Å². The van der Waals surface area contributed by atoms with E-state index in [-0.39, 0.29) is 64.7 Å². The maximum atomic E-state index is 14.9. The predicted octanol–water partition coefficient (Wildman–Crippen LogP) is 7.45. The number of nitrogens with one attached hydrogen (secondary N) is 2. The Morgan fingerprint density at radius 3 is 2.63 bits per heavy atom. The molecule has 1 saturated heterocycles. The Morgan fingerprint density at radius 1 is 1.07 bits per heavy atom. The molecule has 5 heterocycles. The van der Waals surface area contributed by atoms with E-state index in [4.69, 9.17) is 9.47 Å². The normalized spacial score (nSPS) is 36.0. The fraction of sp³-hybridized carbons (Fsp3) is 0.587. The molecule has 11 rings (SSSR count). The average molecular weight is 839 g/mol. The van der Waals surface area contributed by atoms with E-state index in [2.05, 4.69) is 35.5 Å². The molecule has 7 bridgehead atoms. The number of rotatable bonds is 7. The van der Waals surface area contributed by atoms with Crippen LogP contribution in [0.5, 0.6) is 0 Å². The number of aromatic nitrogens is 1. The summed E-state index contributed by atoms with van der Waals surface area (Å²) in [4.78, 5) is 62.2. The number of pyridine rings is 1. The lowest BCUT2D eigenvalue weighted by atomic mass is 9.42. The number of esters is 2. The number of anilines is 1. The third kappa shape index (κ3) is 6.17. The van der Waals surface area contributed by atoms with Crippen LogP contribution >= 0.6 is 21.6 Å². The smallest absolute Gasteiger partial charge is 0.340 e. The molecule has 4 aliphatic heterocycles. The lowest BCUT2D eigenvalue weighted by molar-refractivity contribution is -0.137. The van der Waals surface area contributed by atoms with Crippen molar-refractivity contribution >= 4 is 51.2 Å². The van der Waals surface area contributed by atoms with Crippen molar-refractivity contribution in [3.05, 3.63) is 81.5 Å². The molecule has 1 aromatic heterocycles. The number of fused-ring (bicyclic) bond motifs is 3. The first-order valence-corrected chi connectivity index (χ1v) is 24.2. The number of allylic oxidation sites excluding steroid dienone is 4. The molecule has 13 heteroatoms. The van der Waals surface area contributed by atoms with Gasteiger partial charge in [-0.2, -0.15) is 0 Å². The highest BCUT2D eigenvalue weighted by atomic mass is 33.1. The molecule has 3 N–H and O–H groups in total. The van der Waals surface area contributed by atoms with E-state index in [9.17, 15) is 24.3 Å². The average Bonchev–Trinajstić information content (AvgIpc) is 4.00. The van der Waals surface area contributed by atoms with Crippen LogP contribution in [0.1, 0.15) is 103 Å². The number of amides is 2. The predicted molar refractivity (Wildman–Crippen MR) is 226 cm³/mol. The number of ether oxygens (including phenoxy) is 2. The van der Waals surface area contributed by atoms with Crippen LogP contribution in [0.25, 0.3) is 0 Å². The highest BCUT2D eigenvalue weighted by Crippen LogP contribution is 2.73. The van der Waals surface area contributed by atoms with E-state index in [1.54, 1.807) is 34.7 Å². The highest BCUT2D eigenvalue weighted by molar-refractivity contribution is 8.76. The van der Waals surface area contributed by atoms with Gasteiger partial charge in [0.05, 0.1) is 28.3 Å². The fourth-order valence-electron chi connectivity index (χ4n) is 12.9. The van der Waals surface area contributed by atoms with Crippen molar-refractivity contribution in [1.29, 1.82) is 0 Å². The summed E-state index contributed by atoms with van der Waals surface area (Å²) in [6.07, 6.45) is 16.5. The number of carbonyl (C=O) groups excluding carboxylic acids is 4. The number of carbonyl (C=O) groups is 4.